The normalized spacial score (nSPS) is 21.7. The summed E-state index contributed by atoms with van der Waals surface area (Å²) in [5.74, 6) is 1.91. The Kier molecular flexibility index (Phi) is 18.2. The van der Waals surface area contributed by atoms with Gasteiger partial charge in [0.2, 0.25) is 0 Å². The fourth-order valence-electron chi connectivity index (χ4n) is 7.13. The minimum absolute atomic E-state index is 0.0612. The van der Waals surface area contributed by atoms with Gasteiger partial charge in [0.05, 0.1) is 0 Å². The van der Waals surface area contributed by atoms with Crippen molar-refractivity contribution in [3.05, 3.63) is 58.7 Å². The van der Waals surface area contributed by atoms with Crippen LogP contribution in [0.15, 0.2) is 58.7 Å². The molecule has 0 saturated heterocycles. The van der Waals surface area contributed by atoms with Gasteiger partial charge >= 0.3 is 5.97 Å². The van der Waals surface area contributed by atoms with Gasteiger partial charge in [-0.3, -0.25) is 4.79 Å². The topological polar surface area (TPSA) is 26.3 Å². The number of allylic oxidation sites excluding steroid dienone is 9. The second-order valence-electron chi connectivity index (χ2n) is 14.1. The van der Waals surface area contributed by atoms with Gasteiger partial charge in [-0.15, -0.1) is 0 Å². The van der Waals surface area contributed by atoms with E-state index in [4.69, 9.17) is 4.74 Å². The molecule has 1 fully saturated rings. The number of unbranched alkanes of at least 4 members (excludes halogenated alkanes) is 8. The van der Waals surface area contributed by atoms with Crippen molar-refractivity contribution < 1.29 is 9.53 Å². The second-order valence-corrected chi connectivity index (χ2v) is 14.1. The number of rotatable bonds is 20. The summed E-state index contributed by atoms with van der Waals surface area (Å²) >= 11 is 0. The Bertz CT molecular complexity index is 925. The molecular formula is C40H66O2. The molecule has 0 N–H and O–H groups in total. The maximum absolute atomic E-state index is 12.2. The van der Waals surface area contributed by atoms with Crippen LogP contribution in [0.3, 0.4) is 0 Å². The number of esters is 1. The zero-order valence-corrected chi connectivity index (χ0v) is 28.6. The zero-order valence-electron chi connectivity index (χ0n) is 28.6. The third-order valence-corrected chi connectivity index (χ3v) is 9.87. The molecule has 0 radical (unpaired) electrons. The van der Waals surface area contributed by atoms with Crippen molar-refractivity contribution >= 4 is 5.97 Å². The van der Waals surface area contributed by atoms with E-state index in [1.165, 1.54) is 119 Å². The summed E-state index contributed by atoms with van der Waals surface area (Å²) in [5.41, 5.74) is 5.66. The van der Waals surface area contributed by atoms with Gasteiger partial charge in [0, 0.05) is 6.42 Å². The Hall–Kier alpha value is -1.83. The smallest absolute Gasteiger partial charge is 0.306 e. The first-order valence-electron chi connectivity index (χ1n) is 17.8. The molecule has 238 valence electrons. The van der Waals surface area contributed by atoms with Crippen molar-refractivity contribution in [1.29, 1.82) is 0 Å². The summed E-state index contributed by atoms with van der Waals surface area (Å²) in [4.78, 5) is 12.2. The van der Waals surface area contributed by atoms with Gasteiger partial charge in [-0.1, -0.05) is 158 Å². The molecule has 2 atom stereocenters. The summed E-state index contributed by atoms with van der Waals surface area (Å²) in [6, 6.07) is 0. The molecule has 2 aliphatic carbocycles. The van der Waals surface area contributed by atoms with Crippen LogP contribution in [-0.2, 0) is 9.53 Å². The van der Waals surface area contributed by atoms with Crippen LogP contribution in [0.1, 0.15) is 164 Å². The van der Waals surface area contributed by atoms with Crippen LogP contribution < -0.4 is 0 Å². The van der Waals surface area contributed by atoms with Crippen molar-refractivity contribution in [3.63, 3.8) is 0 Å². The van der Waals surface area contributed by atoms with Crippen molar-refractivity contribution in [1.82, 2.24) is 0 Å². The fourth-order valence-corrected chi connectivity index (χ4v) is 7.13. The summed E-state index contributed by atoms with van der Waals surface area (Å²) in [6.07, 6.45) is 37.7. The number of hydrogen-bond acceptors (Lipinski definition) is 2. The third kappa shape index (κ3) is 15.1. The maximum atomic E-state index is 12.2. The molecule has 0 aromatic carbocycles. The summed E-state index contributed by atoms with van der Waals surface area (Å²) in [6.45, 7) is 13.9. The average molecular weight is 579 g/mol. The van der Waals surface area contributed by atoms with Gasteiger partial charge < -0.3 is 4.74 Å². The molecule has 0 bridgehead atoms. The Morgan fingerprint density at radius 3 is 2.17 bits per heavy atom. The molecule has 2 nitrogen and oxygen atoms in total. The van der Waals surface area contributed by atoms with E-state index in [1.807, 2.05) is 6.08 Å². The molecule has 0 unspecified atom stereocenters. The fraction of sp³-hybridized carbons (Fsp3) is 0.725. The highest BCUT2D eigenvalue weighted by molar-refractivity contribution is 5.69. The summed E-state index contributed by atoms with van der Waals surface area (Å²) in [7, 11) is 0. The van der Waals surface area contributed by atoms with E-state index in [9.17, 15) is 4.79 Å². The van der Waals surface area contributed by atoms with E-state index in [0.717, 1.165) is 30.3 Å². The lowest BCUT2D eigenvalue weighted by molar-refractivity contribution is -0.142. The first-order chi connectivity index (χ1) is 20.2. The van der Waals surface area contributed by atoms with Crippen LogP contribution in [0, 0.1) is 17.3 Å². The summed E-state index contributed by atoms with van der Waals surface area (Å²) in [5, 5.41) is 0. The number of ether oxygens (including phenoxy) is 1. The highest BCUT2D eigenvalue weighted by atomic mass is 16.5. The SMILES string of the molecule is CCCCCCCC[C@H]1CCC[C@@H]1CCCCCCC(=O)OCC=C(C)C=CC=C(C)C=CC1=C(C)CCCC1(C)C. The molecule has 2 heteroatoms. The lowest BCUT2D eigenvalue weighted by Crippen LogP contribution is -2.19. The maximum Gasteiger partial charge on any atom is 0.306 e. The molecule has 1 saturated carbocycles. The van der Waals surface area contributed by atoms with E-state index in [1.54, 1.807) is 0 Å². The minimum Gasteiger partial charge on any atom is -0.461 e. The van der Waals surface area contributed by atoms with Gasteiger partial charge in [-0.25, -0.2) is 0 Å². The van der Waals surface area contributed by atoms with Crippen LogP contribution >= 0.6 is 0 Å². The molecule has 0 amide bonds. The van der Waals surface area contributed by atoms with Crippen molar-refractivity contribution in [3.8, 4) is 0 Å². The van der Waals surface area contributed by atoms with E-state index >= 15 is 0 Å². The Morgan fingerprint density at radius 1 is 0.857 bits per heavy atom. The molecule has 42 heavy (non-hydrogen) atoms. The number of carbonyl (C=O) groups excluding carboxylic acids is 1. The standard InChI is InChI=1S/C40H66O2/c1-7-8-9-10-11-14-23-36-25-18-26-37(36)24-15-12-13-16-27-39(41)42-32-30-34(3)21-17-20-33(2)28-29-38-35(4)22-19-31-40(38,5)6/h17,20-21,28-30,36-37H,7-16,18-19,22-27,31-32H2,1-6H3/t36-,37-/m0/s1. The van der Waals surface area contributed by atoms with Crippen LogP contribution in [0.5, 0.6) is 0 Å². The van der Waals surface area contributed by atoms with Gasteiger partial charge in [0.1, 0.15) is 6.61 Å². The van der Waals surface area contributed by atoms with Crippen molar-refractivity contribution in [2.24, 2.45) is 17.3 Å². The lowest BCUT2D eigenvalue weighted by Gasteiger charge is -2.32. The highest BCUT2D eigenvalue weighted by Gasteiger charge is 2.27. The van der Waals surface area contributed by atoms with Gasteiger partial charge in [-0.2, -0.15) is 0 Å². The van der Waals surface area contributed by atoms with E-state index < -0.39 is 0 Å². The molecular weight excluding hydrogens is 512 g/mol. The summed E-state index contributed by atoms with van der Waals surface area (Å²) < 4.78 is 5.46. The molecule has 0 aliphatic heterocycles. The highest BCUT2D eigenvalue weighted by Crippen LogP contribution is 2.41. The molecule has 2 rings (SSSR count). The Morgan fingerprint density at radius 2 is 1.50 bits per heavy atom. The quantitative estimate of drug-likeness (QED) is 0.0816. The Labute approximate surface area is 261 Å². The third-order valence-electron chi connectivity index (χ3n) is 9.87. The molecule has 0 heterocycles. The van der Waals surface area contributed by atoms with Crippen LogP contribution in [0.2, 0.25) is 0 Å². The monoisotopic (exact) mass is 579 g/mol. The predicted octanol–water partition coefficient (Wildman–Crippen LogP) is 12.6. The first kappa shape index (κ1) is 36.4. The Balaban J connectivity index is 1.55. The van der Waals surface area contributed by atoms with E-state index in [2.05, 4.69) is 71.9 Å². The lowest BCUT2D eigenvalue weighted by atomic mass is 9.72. The van der Waals surface area contributed by atoms with Gasteiger partial charge in [0.25, 0.3) is 0 Å². The van der Waals surface area contributed by atoms with E-state index in [0.29, 0.717) is 13.0 Å². The van der Waals surface area contributed by atoms with Gasteiger partial charge in [-0.05, 0) is 75.4 Å². The molecule has 0 aromatic heterocycles. The molecule has 0 spiro atoms. The predicted molar refractivity (Wildman–Crippen MR) is 184 cm³/mol. The van der Waals surface area contributed by atoms with Crippen LogP contribution in [0.25, 0.3) is 0 Å². The van der Waals surface area contributed by atoms with Crippen molar-refractivity contribution in [2.45, 2.75) is 164 Å². The molecule has 2 aliphatic rings. The van der Waals surface area contributed by atoms with Crippen LogP contribution in [-0.4, -0.2) is 12.6 Å². The van der Waals surface area contributed by atoms with E-state index in [-0.39, 0.29) is 11.4 Å². The first-order valence-corrected chi connectivity index (χ1v) is 17.8. The average Bonchev–Trinajstić information content (AvgIpc) is 3.39. The second kappa shape index (κ2) is 21.0. The largest absolute Gasteiger partial charge is 0.461 e. The number of hydrogen-bond donors (Lipinski definition) is 0. The van der Waals surface area contributed by atoms with Gasteiger partial charge in [0.15, 0.2) is 0 Å². The zero-order chi connectivity index (χ0) is 30.6. The molecule has 0 aromatic rings. The number of carbonyl (C=O) groups is 1. The van der Waals surface area contributed by atoms with Crippen molar-refractivity contribution in [2.75, 3.05) is 6.61 Å². The minimum atomic E-state index is -0.0612. The van der Waals surface area contributed by atoms with Crippen LogP contribution in [0.4, 0.5) is 0 Å².